The fourth-order valence-electron chi connectivity index (χ4n) is 3.68. The Kier molecular flexibility index (Phi) is 7.28. The molecule has 37 heavy (non-hydrogen) atoms. The second-order valence-electron chi connectivity index (χ2n) is 8.01. The predicted octanol–water partition coefficient (Wildman–Crippen LogP) is -2.01. The summed E-state index contributed by atoms with van der Waals surface area (Å²) in [6.07, 6.45) is 0. The Labute approximate surface area is 209 Å². The number of rotatable bonds is 9. The number of anilines is 1. The van der Waals surface area contributed by atoms with Crippen molar-refractivity contribution in [2.24, 2.45) is 10.8 Å². The molecule has 15 heteroatoms. The third-order valence-corrected chi connectivity index (χ3v) is 7.44. The minimum atomic E-state index is -3.73. The average molecular weight is 530 g/mol. The van der Waals surface area contributed by atoms with Crippen molar-refractivity contribution in [2.45, 2.75) is 4.90 Å². The van der Waals surface area contributed by atoms with Crippen LogP contribution in [0.4, 0.5) is 5.69 Å². The van der Waals surface area contributed by atoms with Gasteiger partial charge in [-0.25, -0.2) is 17.4 Å². The topological polar surface area (TPSA) is 185 Å². The summed E-state index contributed by atoms with van der Waals surface area (Å²) in [7, 11) is 0.389. The minimum absolute atomic E-state index is 0.0141. The van der Waals surface area contributed by atoms with Crippen molar-refractivity contribution in [3.05, 3.63) is 67.6 Å². The lowest BCUT2D eigenvalue weighted by molar-refractivity contribution is 0.0335. The first kappa shape index (κ1) is 25.9. The van der Waals surface area contributed by atoms with Crippen LogP contribution in [0.3, 0.4) is 0 Å². The maximum absolute atomic E-state index is 13.0. The third kappa shape index (κ3) is 4.78. The summed E-state index contributed by atoms with van der Waals surface area (Å²) in [6.45, 7) is 0.798. The maximum atomic E-state index is 13.0. The second-order valence-corrected chi connectivity index (χ2v) is 10.1. The van der Waals surface area contributed by atoms with E-state index in [9.17, 15) is 18.0 Å². The molecule has 4 N–H and O–H groups in total. The van der Waals surface area contributed by atoms with Gasteiger partial charge in [-0.1, -0.05) is 24.3 Å². The zero-order chi connectivity index (χ0) is 26.7. The molecule has 0 bridgehead atoms. The second kappa shape index (κ2) is 10.4. The molecule has 1 heterocycles. The smallest absolute Gasteiger partial charge is 0.362 e. The van der Waals surface area contributed by atoms with E-state index in [1.807, 2.05) is 0 Å². The molecule has 194 valence electrons. The van der Waals surface area contributed by atoms with Crippen molar-refractivity contribution in [3.8, 4) is 0 Å². The van der Waals surface area contributed by atoms with Gasteiger partial charge in [0.2, 0.25) is 15.5 Å². The first-order valence-electron chi connectivity index (χ1n) is 11.0. The number of fused-ring (bicyclic) bond motifs is 2. The Morgan fingerprint density at radius 2 is 1.73 bits per heavy atom. The van der Waals surface area contributed by atoms with Crippen LogP contribution in [0.2, 0.25) is 0 Å². The van der Waals surface area contributed by atoms with Gasteiger partial charge in [0, 0.05) is 38.0 Å². The van der Waals surface area contributed by atoms with Gasteiger partial charge in [-0.15, -0.1) is 0 Å². The number of hydrogen-bond donors (Lipinski definition) is 3. The number of nitrogens with two attached hydrogens (primary N) is 1. The monoisotopic (exact) mass is 529 g/mol. The number of hydrazine groups is 1. The third-order valence-electron chi connectivity index (χ3n) is 5.59. The van der Waals surface area contributed by atoms with E-state index in [0.717, 1.165) is 9.15 Å². The van der Waals surface area contributed by atoms with Crippen LogP contribution in [0, 0.1) is 0 Å². The van der Waals surface area contributed by atoms with Gasteiger partial charge in [0.25, 0.3) is 5.43 Å². The van der Waals surface area contributed by atoms with E-state index in [-0.39, 0.29) is 44.1 Å². The number of hydrogen-bond acceptors (Lipinski definition) is 12. The van der Waals surface area contributed by atoms with E-state index in [1.165, 1.54) is 27.3 Å². The standard InChI is InChI=1S/C22H24N8O6S/c1-29(2)37(33,34)16-9-8-15(17-18(16)28-36-27-17)25-11-10-24-12-26-19-20(30(23)35-3)22(32)14-7-5-4-6-13(14)21(19)31/h4-9,24H,10-12H2,1-3H3,(H2-,23,25,26,28,32)/p+1. The molecule has 3 aromatic carbocycles. The lowest BCUT2D eigenvalue weighted by Crippen LogP contribution is -2.57. The molecular weight excluding hydrogens is 504 g/mol. The van der Waals surface area contributed by atoms with Crippen LogP contribution >= 0.6 is 0 Å². The molecule has 0 fully saturated rings. The molecule has 0 saturated heterocycles. The van der Waals surface area contributed by atoms with Crippen LogP contribution in [0.1, 0.15) is 0 Å². The number of benzene rings is 3. The fraction of sp³-hybridized carbons (Fsp3) is 0.273. The summed E-state index contributed by atoms with van der Waals surface area (Å²) in [6, 6.07) is 9.43. The first-order valence-corrected chi connectivity index (χ1v) is 12.4. The quantitative estimate of drug-likeness (QED) is 0.0941. The number of nitrogens with zero attached hydrogens (tertiary/aromatic N) is 5. The molecule has 4 rings (SSSR count). The van der Waals surface area contributed by atoms with Gasteiger partial charge in [-0.2, -0.15) is 5.84 Å². The molecule has 0 atom stereocenters. The average Bonchev–Trinajstić information content (AvgIpc) is 3.38. The molecule has 0 aliphatic carbocycles. The van der Waals surface area contributed by atoms with Crippen molar-refractivity contribution in [1.82, 2.24) is 24.8 Å². The van der Waals surface area contributed by atoms with Gasteiger partial charge < -0.3 is 5.32 Å². The molecule has 0 amide bonds. The first-order chi connectivity index (χ1) is 17.7. The zero-order valence-electron chi connectivity index (χ0n) is 20.3. The van der Waals surface area contributed by atoms with Crippen LogP contribution in [0.15, 0.2) is 60.5 Å². The normalized spacial score (nSPS) is 13.5. The van der Waals surface area contributed by atoms with Gasteiger partial charge in [0.05, 0.1) is 12.4 Å². The van der Waals surface area contributed by atoms with Gasteiger partial charge in [-0.05, 0) is 22.4 Å². The maximum Gasteiger partial charge on any atom is 0.362 e. The summed E-state index contributed by atoms with van der Waals surface area (Å²) in [5, 5.41) is 13.9. The lowest BCUT2D eigenvalue weighted by Gasteiger charge is -2.12. The van der Waals surface area contributed by atoms with Crippen LogP contribution in [-0.2, 0) is 14.9 Å². The Hall–Kier alpha value is -4.21. The Morgan fingerprint density at radius 3 is 2.41 bits per heavy atom. The summed E-state index contributed by atoms with van der Waals surface area (Å²) in [5.74, 6) is 5.79. The van der Waals surface area contributed by atoms with Crippen molar-refractivity contribution in [1.29, 1.82) is 0 Å². The highest BCUT2D eigenvalue weighted by molar-refractivity contribution is 7.89. The van der Waals surface area contributed by atoms with Crippen molar-refractivity contribution in [2.75, 3.05) is 46.3 Å². The minimum Gasteiger partial charge on any atom is -0.382 e. The highest BCUT2D eigenvalue weighted by atomic mass is 32.2. The summed E-state index contributed by atoms with van der Waals surface area (Å²) < 4.78 is 30.9. The van der Waals surface area contributed by atoms with E-state index in [1.54, 1.807) is 30.3 Å². The molecular formula is C22H25N8O6S+. The molecule has 14 nitrogen and oxygen atoms in total. The Balaban J connectivity index is 1.51. The molecule has 0 saturated carbocycles. The summed E-state index contributed by atoms with van der Waals surface area (Å²) in [4.78, 5) is 35.8. The SMILES string of the molecule is CO[N+](N)=c1c(=NCNCCNc2ccc(S(=O)(=O)N(C)C)c3nonc23)c(=O)c2ccccc2c1=O. The molecule has 0 aliphatic rings. The Bertz CT molecular complexity index is 1810. The van der Waals surface area contributed by atoms with E-state index < -0.39 is 20.9 Å². The van der Waals surface area contributed by atoms with Crippen LogP contribution < -0.4 is 42.9 Å². The van der Waals surface area contributed by atoms with Gasteiger partial charge in [-0.3, -0.25) is 24.7 Å². The highest BCUT2D eigenvalue weighted by Gasteiger charge is 2.24. The summed E-state index contributed by atoms with van der Waals surface area (Å²) >= 11 is 0. The molecule has 4 aromatic rings. The molecule has 0 radical (unpaired) electrons. The molecule has 0 unspecified atom stereocenters. The summed E-state index contributed by atoms with van der Waals surface area (Å²) in [5.41, 5.74) is 0.0128. The molecule has 0 aliphatic heterocycles. The van der Waals surface area contributed by atoms with Crippen LogP contribution in [-0.4, -0.2) is 64.0 Å². The number of sulfonamides is 1. The van der Waals surface area contributed by atoms with Crippen molar-refractivity contribution in [3.63, 3.8) is 0 Å². The van der Waals surface area contributed by atoms with E-state index >= 15 is 0 Å². The van der Waals surface area contributed by atoms with Gasteiger partial charge in [0.1, 0.15) is 9.74 Å². The Morgan fingerprint density at radius 1 is 1.05 bits per heavy atom. The van der Waals surface area contributed by atoms with E-state index in [4.69, 9.17) is 15.3 Å². The predicted molar refractivity (Wildman–Crippen MR) is 135 cm³/mol. The fourth-order valence-corrected chi connectivity index (χ4v) is 4.69. The van der Waals surface area contributed by atoms with Crippen LogP contribution in [0.25, 0.3) is 21.8 Å². The molecule has 1 aromatic heterocycles. The van der Waals surface area contributed by atoms with Crippen molar-refractivity contribution < 1.29 is 17.9 Å². The largest absolute Gasteiger partial charge is 0.382 e. The van der Waals surface area contributed by atoms with Crippen LogP contribution in [0.5, 0.6) is 0 Å². The highest BCUT2D eigenvalue weighted by Crippen LogP contribution is 2.27. The van der Waals surface area contributed by atoms with E-state index in [2.05, 4.69) is 25.9 Å². The molecule has 0 spiro atoms. The van der Waals surface area contributed by atoms with Gasteiger partial charge >= 0.3 is 5.36 Å². The lowest BCUT2D eigenvalue weighted by atomic mass is 10.1. The number of nitrogens with one attached hydrogen (secondary N) is 2. The van der Waals surface area contributed by atoms with Crippen molar-refractivity contribution >= 4 is 37.5 Å². The van der Waals surface area contributed by atoms with Gasteiger partial charge in [0.15, 0.2) is 23.5 Å². The van der Waals surface area contributed by atoms with E-state index in [0.29, 0.717) is 18.8 Å². The zero-order valence-corrected chi connectivity index (χ0v) is 21.1. The number of aromatic nitrogens is 2.